The Kier molecular flexibility index (Phi) is 5.83. The van der Waals surface area contributed by atoms with E-state index < -0.39 is 6.04 Å². The zero-order valence-corrected chi connectivity index (χ0v) is 19.1. The van der Waals surface area contributed by atoms with Gasteiger partial charge in [-0.1, -0.05) is 42.5 Å². The molecular formula is C26H23N5O2S. The lowest BCUT2D eigenvalue weighted by atomic mass is 9.98. The molecule has 2 aromatic carbocycles. The van der Waals surface area contributed by atoms with E-state index in [0.29, 0.717) is 34.9 Å². The number of thiophene rings is 1. The molecule has 1 atom stereocenters. The van der Waals surface area contributed by atoms with Gasteiger partial charge in [0, 0.05) is 35.2 Å². The summed E-state index contributed by atoms with van der Waals surface area (Å²) < 4.78 is 0. The Hall–Kier alpha value is -4.01. The number of para-hydroxylation sites is 1. The van der Waals surface area contributed by atoms with Gasteiger partial charge in [-0.15, -0.1) is 11.3 Å². The molecule has 34 heavy (non-hydrogen) atoms. The summed E-state index contributed by atoms with van der Waals surface area (Å²) in [6, 6.07) is 21.8. The number of carbonyl (C=O) groups is 1. The van der Waals surface area contributed by atoms with Gasteiger partial charge in [-0.2, -0.15) is 5.10 Å². The van der Waals surface area contributed by atoms with Crippen LogP contribution < -0.4 is 11.5 Å². The third-order valence-corrected chi connectivity index (χ3v) is 6.96. The molecule has 0 radical (unpaired) electrons. The number of carbonyl (C=O) groups excluding carboxylic acids is 1. The molecule has 1 unspecified atom stereocenters. The molecule has 3 heterocycles. The molecular weight excluding hydrogens is 446 g/mol. The number of nitrogen functional groups attached to an aromatic ring is 1. The highest BCUT2D eigenvalue weighted by molar-refractivity contribution is 7.17. The molecule has 1 amide bonds. The molecule has 2 aromatic heterocycles. The number of hydrogen-bond acceptors (Lipinski definition) is 7. The SMILES string of the molecule is NCc1ccccc1-c1ccc(C(=O)N2N=C(c3ccc(N)nc3)CC2c2ccccc2O)s1. The monoisotopic (exact) mass is 469 g/mol. The van der Waals surface area contributed by atoms with Gasteiger partial charge in [-0.25, -0.2) is 9.99 Å². The highest BCUT2D eigenvalue weighted by Crippen LogP contribution is 2.39. The maximum absolute atomic E-state index is 13.7. The predicted octanol–water partition coefficient (Wildman–Crippen LogP) is 4.55. The molecule has 1 aliphatic rings. The fraction of sp³-hybridized carbons (Fsp3) is 0.115. The molecule has 0 saturated heterocycles. The van der Waals surface area contributed by atoms with Crippen molar-refractivity contribution < 1.29 is 9.90 Å². The van der Waals surface area contributed by atoms with Crippen LogP contribution in [0.1, 0.15) is 38.8 Å². The first-order valence-electron chi connectivity index (χ1n) is 10.8. The topological polar surface area (TPSA) is 118 Å². The van der Waals surface area contributed by atoms with Gasteiger partial charge < -0.3 is 16.6 Å². The quantitative estimate of drug-likeness (QED) is 0.396. The molecule has 0 bridgehead atoms. The Balaban J connectivity index is 1.52. The van der Waals surface area contributed by atoms with Crippen LogP contribution in [-0.4, -0.2) is 26.7 Å². The molecule has 170 valence electrons. The van der Waals surface area contributed by atoms with Gasteiger partial charge in [0.2, 0.25) is 0 Å². The van der Waals surface area contributed by atoms with E-state index in [1.54, 1.807) is 24.4 Å². The second-order valence-electron chi connectivity index (χ2n) is 7.97. The minimum atomic E-state index is -0.442. The van der Waals surface area contributed by atoms with Crippen LogP contribution in [-0.2, 0) is 6.54 Å². The van der Waals surface area contributed by atoms with E-state index in [9.17, 15) is 9.90 Å². The average molecular weight is 470 g/mol. The number of hydrogen-bond donors (Lipinski definition) is 3. The van der Waals surface area contributed by atoms with Crippen LogP contribution in [0, 0.1) is 0 Å². The highest BCUT2D eigenvalue weighted by Gasteiger charge is 2.35. The molecule has 0 fully saturated rings. The van der Waals surface area contributed by atoms with E-state index in [1.807, 2.05) is 54.6 Å². The number of amides is 1. The van der Waals surface area contributed by atoms with Gasteiger partial charge in [0.05, 0.1) is 16.6 Å². The van der Waals surface area contributed by atoms with Crippen molar-refractivity contribution in [1.82, 2.24) is 9.99 Å². The smallest absolute Gasteiger partial charge is 0.284 e. The molecule has 1 aliphatic heterocycles. The summed E-state index contributed by atoms with van der Waals surface area (Å²) in [5.74, 6) is 0.311. The minimum Gasteiger partial charge on any atom is -0.508 e. The highest BCUT2D eigenvalue weighted by atomic mass is 32.1. The first-order valence-corrected chi connectivity index (χ1v) is 11.7. The number of benzene rings is 2. The normalized spacial score (nSPS) is 15.4. The summed E-state index contributed by atoms with van der Waals surface area (Å²) in [4.78, 5) is 19.3. The molecule has 0 spiro atoms. The van der Waals surface area contributed by atoms with E-state index in [-0.39, 0.29) is 11.7 Å². The number of nitrogens with zero attached hydrogens (tertiary/aromatic N) is 3. The number of rotatable bonds is 5. The van der Waals surface area contributed by atoms with Gasteiger partial charge >= 0.3 is 0 Å². The number of pyridine rings is 1. The van der Waals surface area contributed by atoms with Crippen molar-refractivity contribution >= 4 is 28.8 Å². The largest absolute Gasteiger partial charge is 0.508 e. The van der Waals surface area contributed by atoms with E-state index in [0.717, 1.165) is 21.6 Å². The van der Waals surface area contributed by atoms with Crippen molar-refractivity contribution in [3.8, 4) is 16.2 Å². The minimum absolute atomic E-state index is 0.126. The summed E-state index contributed by atoms with van der Waals surface area (Å²) >= 11 is 1.40. The third kappa shape index (κ3) is 4.05. The summed E-state index contributed by atoms with van der Waals surface area (Å²) in [5, 5.41) is 16.7. The first-order chi connectivity index (χ1) is 16.5. The zero-order chi connectivity index (χ0) is 23.7. The third-order valence-electron chi connectivity index (χ3n) is 5.85. The lowest BCUT2D eigenvalue weighted by Gasteiger charge is -2.22. The molecule has 7 nitrogen and oxygen atoms in total. The maximum Gasteiger partial charge on any atom is 0.284 e. The van der Waals surface area contributed by atoms with Crippen LogP contribution in [0.2, 0.25) is 0 Å². The van der Waals surface area contributed by atoms with E-state index >= 15 is 0 Å². The Morgan fingerprint density at radius 1 is 1.06 bits per heavy atom. The molecule has 5 N–H and O–H groups in total. The van der Waals surface area contributed by atoms with E-state index in [4.69, 9.17) is 11.5 Å². The number of aromatic hydroxyl groups is 1. The van der Waals surface area contributed by atoms with Crippen molar-refractivity contribution in [3.63, 3.8) is 0 Å². The maximum atomic E-state index is 13.7. The van der Waals surface area contributed by atoms with Crippen LogP contribution in [0.15, 0.2) is 84.1 Å². The van der Waals surface area contributed by atoms with Crippen LogP contribution in [0.4, 0.5) is 5.82 Å². The lowest BCUT2D eigenvalue weighted by molar-refractivity contribution is 0.0714. The Morgan fingerprint density at radius 3 is 2.62 bits per heavy atom. The van der Waals surface area contributed by atoms with Crippen molar-refractivity contribution in [2.24, 2.45) is 10.8 Å². The number of phenolic OH excluding ortho intramolecular Hbond substituents is 1. The van der Waals surface area contributed by atoms with Crippen LogP contribution >= 0.6 is 11.3 Å². The fourth-order valence-corrected chi connectivity index (χ4v) is 5.11. The van der Waals surface area contributed by atoms with Gasteiger partial charge in [0.25, 0.3) is 5.91 Å². The summed E-state index contributed by atoms with van der Waals surface area (Å²) in [6.07, 6.45) is 2.10. The average Bonchev–Trinajstić information content (AvgIpc) is 3.53. The second kappa shape index (κ2) is 9.09. The van der Waals surface area contributed by atoms with Gasteiger partial charge in [-0.05, 0) is 41.5 Å². The number of aromatic nitrogens is 1. The van der Waals surface area contributed by atoms with Crippen molar-refractivity contribution in [3.05, 3.63) is 101 Å². The summed E-state index contributed by atoms with van der Waals surface area (Å²) in [5.41, 5.74) is 15.8. The first kappa shape index (κ1) is 21.8. The summed E-state index contributed by atoms with van der Waals surface area (Å²) in [7, 11) is 0. The Labute approximate surface area is 201 Å². The Morgan fingerprint density at radius 2 is 1.85 bits per heavy atom. The Bertz CT molecular complexity index is 1380. The van der Waals surface area contributed by atoms with Gasteiger partial charge in [0.1, 0.15) is 11.6 Å². The number of phenols is 1. The molecule has 0 saturated carbocycles. The molecule has 0 aliphatic carbocycles. The van der Waals surface area contributed by atoms with Gasteiger partial charge in [-0.3, -0.25) is 4.79 Å². The molecule has 5 rings (SSSR count). The molecule has 8 heteroatoms. The van der Waals surface area contributed by atoms with E-state index in [2.05, 4.69) is 10.1 Å². The predicted molar refractivity (Wildman–Crippen MR) is 134 cm³/mol. The lowest BCUT2D eigenvalue weighted by Crippen LogP contribution is -2.26. The van der Waals surface area contributed by atoms with Crippen molar-refractivity contribution in [2.45, 2.75) is 19.0 Å². The standard InChI is InChI=1S/C26H23N5O2S/c27-14-16-5-1-2-6-18(16)23-10-11-24(34-23)26(33)31-21(19-7-3-4-8-22(19)32)13-20(30-31)17-9-12-25(28)29-15-17/h1-12,15,21,32H,13-14,27H2,(H2,28,29). The number of nitrogens with two attached hydrogens (primary N) is 2. The van der Waals surface area contributed by atoms with Crippen molar-refractivity contribution in [2.75, 3.05) is 5.73 Å². The number of hydrazone groups is 1. The van der Waals surface area contributed by atoms with Crippen LogP contribution in [0.5, 0.6) is 5.75 Å². The van der Waals surface area contributed by atoms with Crippen LogP contribution in [0.3, 0.4) is 0 Å². The summed E-state index contributed by atoms with van der Waals surface area (Å²) in [6.45, 7) is 0.419. The zero-order valence-electron chi connectivity index (χ0n) is 18.3. The molecule has 4 aromatic rings. The second-order valence-corrected chi connectivity index (χ2v) is 9.06. The fourth-order valence-electron chi connectivity index (χ4n) is 4.11. The van der Waals surface area contributed by atoms with Crippen LogP contribution in [0.25, 0.3) is 10.4 Å². The van der Waals surface area contributed by atoms with Gasteiger partial charge in [0.15, 0.2) is 0 Å². The van der Waals surface area contributed by atoms with E-state index in [1.165, 1.54) is 16.3 Å². The number of anilines is 1. The van der Waals surface area contributed by atoms with Crippen molar-refractivity contribution in [1.29, 1.82) is 0 Å².